The summed E-state index contributed by atoms with van der Waals surface area (Å²) in [4.78, 5) is 1.34. The molecule has 110 valence electrons. The van der Waals surface area contributed by atoms with Crippen molar-refractivity contribution in [1.29, 1.82) is 0 Å². The zero-order chi connectivity index (χ0) is 15.4. The lowest BCUT2D eigenvalue weighted by Crippen LogP contribution is -2.19. The van der Waals surface area contributed by atoms with Crippen molar-refractivity contribution in [3.63, 3.8) is 0 Å². The summed E-state index contributed by atoms with van der Waals surface area (Å²) in [6, 6.07) is 26.2. The molecule has 0 spiro atoms. The maximum Gasteiger partial charge on any atom is 0.325 e. The molecule has 0 saturated carbocycles. The summed E-state index contributed by atoms with van der Waals surface area (Å²) < 4.78 is 19.6. The van der Waals surface area contributed by atoms with Gasteiger partial charge in [-0.25, -0.2) is 0 Å². The minimum atomic E-state index is -2.81. The van der Waals surface area contributed by atoms with E-state index in [0.29, 0.717) is 15.5 Å². The van der Waals surface area contributed by atoms with Gasteiger partial charge in [0.15, 0.2) is 5.75 Å². The van der Waals surface area contributed by atoms with Crippen LogP contribution < -0.4 is 4.18 Å². The first-order chi connectivity index (χ1) is 10.7. The second-order valence-electron chi connectivity index (χ2n) is 5.03. The van der Waals surface area contributed by atoms with E-state index in [1.54, 1.807) is 0 Å². The van der Waals surface area contributed by atoms with E-state index in [1.165, 1.54) is 0 Å². The highest BCUT2D eigenvalue weighted by Gasteiger charge is 2.38. The largest absolute Gasteiger partial charge is 0.325 e. The molecule has 3 aromatic rings. The fraction of sp³-hybridized carbons (Fsp3) is 0.0526. The van der Waals surface area contributed by atoms with Gasteiger partial charge in [0.25, 0.3) is 0 Å². The molecule has 0 radical (unpaired) electrons. The number of aryl methyl sites for hydroxylation is 1. The Labute approximate surface area is 132 Å². The van der Waals surface area contributed by atoms with Gasteiger partial charge in [0, 0.05) is 0 Å². The molecule has 22 heavy (non-hydrogen) atoms. The molecule has 0 amide bonds. The molecule has 0 aliphatic heterocycles. The average molecular weight is 309 g/mol. The summed E-state index contributed by atoms with van der Waals surface area (Å²) >= 11 is 0. The first kappa shape index (κ1) is 14.5. The molecule has 0 aliphatic carbocycles. The van der Waals surface area contributed by atoms with Gasteiger partial charge in [0.05, 0.1) is 0 Å². The molecule has 0 aromatic heterocycles. The van der Waals surface area contributed by atoms with E-state index in [4.69, 9.17) is 4.18 Å². The van der Waals surface area contributed by atoms with Crippen molar-refractivity contribution in [2.24, 2.45) is 0 Å². The molecule has 0 N–H and O–H groups in total. The minimum absolute atomic E-state index is 0.600. The van der Waals surface area contributed by atoms with E-state index < -0.39 is 10.2 Å². The third-order valence-electron chi connectivity index (χ3n) is 3.34. The monoisotopic (exact) mass is 309 g/mol. The summed E-state index contributed by atoms with van der Waals surface area (Å²) in [7, 11) is -2.81. The van der Waals surface area contributed by atoms with Gasteiger partial charge in [0.1, 0.15) is 0 Å². The van der Waals surface area contributed by atoms with Gasteiger partial charge in [-0.2, -0.15) is 0 Å². The van der Waals surface area contributed by atoms with Crippen molar-refractivity contribution in [2.75, 3.05) is 0 Å². The van der Waals surface area contributed by atoms with Crippen molar-refractivity contribution in [2.45, 2.75) is 16.7 Å². The Morgan fingerprint density at radius 3 is 1.59 bits per heavy atom. The Morgan fingerprint density at radius 1 is 0.682 bits per heavy atom. The Hall–Kier alpha value is -2.39. The van der Waals surface area contributed by atoms with Crippen LogP contribution in [0.4, 0.5) is 0 Å². The Morgan fingerprint density at radius 2 is 1.14 bits per heavy atom. The summed E-state index contributed by atoms with van der Waals surface area (Å²) in [5.41, 5.74) is 1.14. The lowest BCUT2D eigenvalue weighted by Gasteiger charge is -2.11. The molecule has 0 fully saturated rings. The maximum absolute atomic E-state index is 13.6. The predicted molar refractivity (Wildman–Crippen MR) is 89.3 cm³/mol. The van der Waals surface area contributed by atoms with Crippen LogP contribution in [0.25, 0.3) is 0 Å². The molecule has 0 aliphatic rings. The molecule has 3 heteroatoms. The maximum atomic E-state index is 13.6. The van der Waals surface area contributed by atoms with Crippen molar-refractivity contribution >= 4 is 10.2 Å². The third kappa shape index (κ3) is 2.95. The Kier molecular flexibility index (Phi) is 4.07. The normalized spacial score (nSPS) is 11.1. The molecular formula is C19H17O2S+. The Balaban J connectivity index is 2.08. The lowest BCUT2D eigenvalue weighted by atomic mass is 10.2. The molecule has 0 bridgehead atoms. The smallest absolute Gasteiger partial charge is 0.275 e. The van der Waals surface area contributed by atoms with E-state index in [-0.39, 0.29) is 0 Å². The van der Waals surface area contributed by atoms with Crippen LogP contribution in [0.5, 0.6) is 5.75 Å². The van der Waals surface area contributed by atoms with Gasteiger partial charge in [-0.05, 0) is 47.5 Å². The van der Waals surface area contributed by atoms with Crippen LogP contribution >= 0.6 is 0 Å². The van der Waals surface area contributed by atoms with Crippen LogP contribution in [0.3, 0.4) is 0 Å². The molecule has 0 atom stereocenters. The van der Waals surface area contributed by atoms with E-state index in [2.05, 4.69) is 0 Å². The van der Waals surface area contributed by atoms with Crippen LogP contribution in [0.1, 0.15) is 5.56 Å². The average Bonchev–Trinajstić information content (AvgIpc) is 2.58. The van der Waals surface area contributed by atoms with Crippen LogP contribution in [0, 0.1) is 6.92 Å². The van der Waals surface area contributed by atoms with Crippen LogP contribution in [0.15, 0.2) is 94.7 Å². The zero-order valence-corrected chi connectivity index (χ0v) is 13.1. The van der Waals surface area contributed by atoms with Crippen LogP contribution in [-0.4, -0.2) is 0 Å². The number of hydrogen-bond acceptors (Lipinski definition) is 2. The third-order valence-corrected chi connectivity index (χ3v) is 5.55. The standard InChI is InChI=1S/C19H17O2S/c1-16-12-14-17(15-13-16)21-22(20,18-8-4-2-5-9-18)19-10-6-3-7-11-19/h2-15H,1H3/q+1. The predicted octanol–water partition coefficient (Wildman–Crippen LogP) is 4.91. The van der Waals surface area contributed by atoms with Crippen molar-refractivity contribution in [3.05, 3.63) is 90.5 Å². The van der Waals surface area contributed by atoms with Crippen molar-refractivity contribution in [1.82, 2.24) is 0 Å². The summed E-state index contributed by atoms with van der Waals surface area (Å²) in [6.07, 6.45) is 0. The highest BCUT2D eigenvalue weighted by atomic mass is 32.3. The lowest BCUT2D eigenvalue weighted by molar-refractivity contribution is 0.499. The van der Waals surface area contributed by atoms with Gasteiger partial charge in [0.2, 0.25) is 9.79 Å². The second kappa shape index (κ2) is 6.16. The van der Waals surface area contributed by atoms with E-state index in [0.717, 1.165) is 5.56 Å². The second-order valence-corrected chi connectivity index (χ2v) is 7.14. The summed E-state index contributed by atoms with van der Waals surface area (Å²) in [5, 5.41) is 0. The molecular weight excluding hydrogens is 292 g/mol. The number of rotatable bonds is 4. The van der Waals surface area contributed by atoms with E-state index in [9.17, 15) is 4.21 Å². The van der Waals surface area contributed by atoms with Gasteiger partial charge < -0.3 is 0 Å². The molecule has 2 nitrogen and oxygen atoms in total. The Bertz CT molecular complexity index is 737. The first-order valence-corrected chi connectivity index (χ1v) is 8.57. The zero-order valence-electron chi connectivity index (χ0n) is 12.3. The molecule has 0 heterocycles. The highest BCUT2D eigenvalue weighted by molar-refractivity contribution is 7.99. The van der Waals surface area contributed by atoms with Gasteiger partial charge in [-0.1, -0.05) is 54.1 Å². The topological polar surface area (TPSA) is 26.3 Å². The SMILES string of the molecule is Cc1ccc(O[S+](=O)(c2ccccc2)c2ccccc2)cc1. The molecule has 0 unspecified atom stereocenters. The number of benzene rings is 3. The summed E-state index contributed by atoms with van der Waals surface area (Å²) in [6.45, 7) is 2.01. The van der Waals surface area contributed by atoms with Crippen molar-refractivity contribution < 1.29 is 8.39 Å². The van der Waals surface area contributed by atoms with E-state index in [1.807, 2.05) is 91.9 Å². The highest BCUT2D eigenvalue weighted by Crippen LogP contribution is 2.31. The fourth-order valence-electron chi connectivity index (χ4n) is 2.16. The van der Waals surface area contributed by atoms with Gasteiger partial charge >= 0.3 is 10.2 Å². The van der Waals surface area contributed by atoms with Gasteiger partial charge in [-0.3, -0.25) is 4.18 Å². The fourth-order valence-corrected chi connectivity index (χ4v) is 4.04. The first-order valence-electron chi connectivity index (χ1n) is 7.09. The van der Waals surface area contributed by atoms with E-state index >= 15 is 0 Å². The quantitative estimate of drug-likeness (QED) is 0.640. The molecule has 0 saturated heterocycles. The van der Waals surface area contributed by atoms with Gasteiger partial charge in [-0.15, -0.1) is 0 Å². The van der Waals surface area contributed by atoms with Crippen molar-refractivity contribution in [3.8, 4) is 5.75 Å². The molecule has 3 rings (SSSR count). The summed E-state index contributed by atoms with van der Waals surface area (Å²) in [5.74, 6) is 0.600. The molecule has 3 aromatic carbocycles. The van der Waals surface area contributed by atoms with Crippen LogP contribution in [0.2, 0.25) is 0 Å². The number of hydrogen-bond donors (Lipinski definition) is 0. The van der Waals surface area contributed by atoms with Crippen LogP contribution in [-0.2, 0) is 14.4 Å². The minimum Gasteiger partial charge on any atom is -0.275 e.